The van der Waals surface area contributed by atoms with E-state index in [-0.39, 0.29) is 5.91 Å². The van der Waals surface area contributed by atoms with Crippen LogP contribution in [-0.4, -0.2) is 29.9 Å². The summed E-state index contributed by atoms with van der Waals surface area (Å²) in [5, 5.41) is 3.25. The molecule has 1 saturated carbocycles. The molecule has 1 aromatic carbocycles. The van der Waals surface area contributed by atoms with Crippen LogP contribution in [0.1, 0.15) is 30.9 Å². The minimum Gasteiger partial charge on any atom is -0.339 e. The Labute approximate surface area is 109 Å². The number of nitrogens with zero attached hydrogens (tertiary/aromatic N) is 1. The van der Waals surface area contributed by atoms with E-state index in [1.54, 1.807) is 0 Å². The van der Waals surface area contributed by atoms with E-state index in [1.165, 1.54) is 24.0 Å². The van der Waals surface area contributed by atoms with Crippen molar-refractivity contribution in [2.45, 2.75) is 39.3 Å². The van der Waals surface area contributed by atoms with Crippen LogP contribution in [0.5, 0.6) is 0 Å². The molecule has 1 amide bonds. The van der Waals surface area contributed by atoms with E-state index in [0.717, 1.165) is 13.1 Å². The Hall–Kier alpha value is -1.35. The van der Waals surface area contributed by atoms with Gasteiger partial charge >= 0.3 is 0 Å². The van der Waals surface area contributed by atoms with Crippen LogP contribution in [-0.2, 0) is 11.3 Å². The van der Waals surface area contributed by atoms with E-state index < -0.39 is 0 Å². The number of rotatable bonds is 6. The molecule has 0 heterocycles. The number of likely N-dealkylation sites (N-methyl/N-ethyl adjacent to an activating group) is 1. The largest absolute Gasteiger partial charge is 0.339 e. The average molecular weight is 246 g/mol. The summed E-state index contributed by atoms with van der Waals surface area (Å²) in [5.41, 5.74) is 2.53. The van der Waals surface area contributed by atoms with Crippen LogP contribution in [0.4, 0.5) is 0 Å². The van der Waals surface area contributed by atoms with E-state index in [4.69, 9.17) is 0 Å². The molecule has 1 fully saturated rings. The number of carbonyl (C=O) groups excluding carboxylic acids is 1. The molecule has 0 aliphatic heterocycles. The van der Waals surface area contributed by atoms with E-state index in [1.807, 2.05) is 17.0 Å². The molecule has 3 nitrogen and oxygen atoms in total. The maximum absolute atomic E-state index is 12.0. The van der Waals surface area contributed by atoms with Gasteiger partial charge in [-0.15, -0.1) is 0 Å². The first-order chi connectivity index (χ1) is 8.72. The number of carbonyl (C=O) groups is 1. The topological polar surface area (TPSA) is 32.3 Å². The van der Waals surface area contributed by atoms with Crippen molar-refractivity contribution in [3.63, 3.8) is 0 Å². The van der Waals surface area contributed by atoms with E-state index >= 15 is 0 Å². The van der Waals surface area contributed by atoms with Gasteiger partial charge in [0, 0.05) is 19.1 Å². The molecule has 2 rings (SSSR count). The van der Waals surface area contributed by atoms with Gasteiger partial charge in [0.1, 0.15) is 0 Å². The van der Waals surface area contributed by atoms with Crippen LogP contribution in [0.25, 0.3) is 0 Å². The minimum atomic E-state index is 0.230. The van der Waals surface area contributed by atoms with Crippen LogP contribution >= 0.6 is 0 Å². The van der Waals surface area contributed by atoms with Gasteiger partial charge in [-0.2, -0.15) is 0 Å². The van der Waals surface area contributed by atoms with Crippen molar-refractivity contribution < 1.29 is 4.79 Å². The maximum Gasteiger partial charge on any atom is 0.236 e. The van der Waals surface area contributed by atoms with Gasteiger partial charge in [-0.25, -0.2) is 0 Å². The van der Waals surface area contributed by atoms with Gasteiger partial charge in [0.25, 0.3) is 0 Å². The monoisotopic (exact) mass is 246 g/mol. The van der Waals surface area contributed by atoms with Crippen molar-refractivity contribution in [3.05, 3.63) is 35.4 Å². The normalized spacial score (nSPS) is 14.6. The summed E-state index contributed by atoms with van der Waals surface area (Å²) in [6.45, 7) is 6.19. The molecule has 1 aromatic rings. The summed E-state index contributed by atoms with van der Waals surface area (Å²) in [5.74, 6) is 0.230. The third-order valence-corrected chi connectivity index (χ3v) is 3.50. The highest BCUT2D eigenvalue weighted by Crippen LogP contribution is 2.26. The lowest BCUT2D eigenvalue weighted by molar-refractivity contribution is -0.130. The zero-order valence-electron chi connectivity index (χ0n) is 11.3. The van der Waals surface area contributed by atoms with Crippen LogP contribution in [0.3, 0.4) is 0 Å². The zero-order valence-corrected chi connectivity index (χ0v) is 11.3. The second-order valence-electron chi connectivity index (χ2n) is 4.94. The van der Waals surface area contributed by atoms with Crippen LogP contribution in [0.2, 0.25) is 0 Å². The minimum absolute atomic E-state index is 0.230. The second kappa shape index (κ2) is 6.01. The number of hydrogen-bond donors (Lipinski definition) is 1. The molecule has 0 spiro atoms. The maximum atomic E-state index is 12.0. The lowest BCUT2D eigenvalue weighted by Gasteiger charge is -2.20. The predicted octanol–water partition coefficient (Wildman–Crippen LogP) is 2.10. The van der Waals surface area contributed by atoms with Crippen LogP contribution in [0, 0.1) is 6.92 Å². The SMILES string of the molecule is CCN(C(=O)CNCc1ccccc1C)C1CC1. The van der Waals surface area contributed by atoms with Gasteiger partial charge in [-0.3, -0.25) is 4.79 Å². The summed E-state index contributed by atoms with van der Waals surface area (Å²) in [6, 6.07) is 8.79. The Bertz CT molecular complexity index is 413. The summed E-state index contributed by atoms with van der Waals surface area (Å²) in [6.07, 6.45) is 2.36. The quantitative estimate of drug-likeness (QED) is 0.833. The smallest absolute Gasteiger partial charge is 0.236 e. The Morgan fingerprint density at radius 1 is 1.39 bits per heavy atom. The molecule has 0 radical (unpaired) electrons. The number of nitrogens with one attached hydrogen (secondary N) is 1. The highest BCUT2D eigenvalue weighted by Gasteiger charge is 2.30. The predicted molar refractivity (Wildman–Crippen MR) is 73.3 cm³/mol. The first kappa shape index (κ1) is 13.1. The fraction of sp³-hybridized carbons (Fsp3) is 0.533. The molecule has 0 aromatic heterocycles. The number of hydrogen-bond acceptors (Lipinski definition) is 2. The van der Waals surface area contributed by atoms with E-state index in [9.17, 15) is 4.79 Å². The molecular weight excluding hydrogens is 224 g/mol. The number of amides is 1. The molecule has 98 valence electrons. The molecule has 0 saturated heterocycles. The van der Waals surface area contributed by atoms with E-state index in [2.05, 4.69) is 31.3 Å². The highest BCUT2D eigenvalue weighted by atomic mass is 16.2. The zero-order chi connectivity index (χ0) is 13.0. The van der Waals surface area contributed by atoms with Gasteiger partial charge in [0.05, 0.1) is 6.54 Å². The van der Waals surface area contributed by atoms with Crippen LogP contribution < -0.4 is 5.32 Å². The van der Waals surface area contributed by atoms with Gasteiger partial charge < -0.3 is 10.2 Å². The molecule has 0 unspecified atom stereocenters. The lowest BCUT2D eigenvalue weighted by atomic mass is 10.1. The standard InChI is InChI=1S/C15H22N2O/c1-3-17(14-8-9-14)15(18)11-16-10-13-7-5-4-6-12(13)2/h4-7,14,16H,3,8-11H2,1-2H3. The molecule has 1 aliphatic rings. The Balaban J connectivity index is 1.78. The van der Waals surface area contributed by atoms with Gasteiger partial charge in [-0.05, 0) is 37.8 Å². The Morgan fingerprint density at radius 3 is 2.72 bits per heavy atom. The summed E-state index contributed by atoms with van der Waals surface area (Å²) >= 11 is 0. The Kier molecular flexibility index (Phi) is 4.37. The Morgan fingerprint density at radius 2 is 2.11 bits per heavy atom. The number of benzene rings is 1. The third kappa shape index (κ3) is 3.33. The van der Waals surface area contributed by atoms with Crippen molar-refractivity contribution >= 4 is 5.91 Å². The fourth-order valence-electron chi connectivity index (χ4n) is 2.24. The first-order valence-electron chi connectivity index (χ1n) is 6.77. The molecule has 0 bridgehead atoms. The third-order valence-electron chi connectivity index (χ3n) is 3.50. The summed E-state index contributed by atoms with van der Waals surface area (Å²) < 4.78 is 0. The van der Waals surface area contributed by atoms with Crippen LogP contribution in [0.15, 0.2) is 24.3 Å². The first-order valence-corrected chi connectivity index (χ1v) is 6.77. The number of aryl methyl sites for hydroxylation is 1. The molecule has 3 heteroatoms. The van der Waals surface area contributed by atoms with E-state index in [0.29, 0.717) is 12.6 Å². The van der Waals surface area contributed by atoms with Gasteiger partial charge in [-0.1, -0.05) is 24.3 Å². The molecule has 1 N–H and O–H groups in total. The lowest BCUT2D eigenvalue weighted by Crippen LogP contribution is -2.39. The molecular formula is C15H22N2O. The molecule has 18 heavy (non-hydrogen) atoms. The summed E-state index contributed by atoms with van der Waals surface area (Å²) in [7, 11) is 0. The summed E-state index contributed by atoms with van der Waals surface area (Å²) in [4.78, 5) is 14.0. The van der Waals surface area contributed by atoms with Crippen molar-refractivity contribution in [3.8, 4) is 0 Å². The average Bonchev–Trinajstić information content (AvgIpc) is 3.17. The van der Waals surface area contributed by atoms with Crippen molar-refractivity contribution in [2.75, 3.05) is 13.1 Å². The highest BCUT2D eigenvalue weighted by molar-refractivity contribution is 5.78. The van der Waals surface area contributed by atoms with Gasteiger partial charge in [0.2, 0.25) is 5.91 Å². The van der Waals surface area contributed by atoms with Gasteiger partial charge in [0.15, 0.2) is 0 Å². The van der Waals surface area contributed by atoms with Crippen molar-refractivity contribution in [1.29, 1.82) is 0 Å². The van der Waals surface area contributed by atoms with Crippen molar-refractivity contribution in [2.24, 2.45) is 0 Å². The second-order valence-corrected chi connectivity index (χ2v) is 4.94. The van der Waals surface area contributed by atoms with Crippen molar-refractivity contribution in [1.82, 2.24) is 10.2 Å². The fourth-order valence-corrected chi connectivity index (χ4v) is 2.24. The molecule has 0 atom stereocenters. The molecule has 1 aliphatic carbocycles.